The highest BCUT2D eigenvalue weighted by atomic mass is 16.4. The van der Waals surface area contributed by atoms with E-state index in [2.05, 4.69) is 0 Å². The number of likely N-dealkylation sites (tertiary alicyclic amines) is 2. The molecule has 0 aromatic heterocycles. The smallest absolute Gasteiger partial charge is 0.320 e. The van der Waals surface area contributed by atoms with Crippen LogP contribution in [-0.2, 0) is 16.1 Å². The van der Waals surface area contributed by atoms with Crippen LogP contribution >= 0.6 is 0 Å². The number of carbonyl (C=O) groups excluding carboxylic acids is 2. The molecule has 7 nitrogen and oxygen atoms in total. The molecule has 1 aromatic carbocycles. The van der Waals surface area contributed by atoms with Crippen molar-refractivity contribution in [3.63, 3.8) is 0 Å². The van der Waals surface area contributed by atoms with Gasteiger partial charge in [-0.3, -0.25) is 9.59 Å². The summed E-state index contributed by atoms with van der Waals surface area (Å²) in [6, 6.07) is 7.50. The maximum atomic E-state index is 13.2. The van der Waals surface area contributed by atoms with E-state index in [0.29, 0.717) is 19.6 Å². The van der Waals surface area contributed by atoms with Gasteiger partial charge >= 0.3 is 12.0 Å². The molecule has 2 saturated heterocycles. The van der Waals surface area contributed by atoms with Gasteiger partial charge in [-0.25, -0.2) is 4.79 Å². The summed E-state index contributed by atoms with van der Waals surface area (Å²) >= 11 is 0. The third-order valence-electron chi connectivity index (χ3n) is 6.22. The van der Waals surface area contributed by atoms with Crippen molar-refractivity contribution in [2.75, 3.05) is 32.7 Å². The normalized spacial score (nSPS) is 24.8. The van der Waals surface area contributed by atoms with Crippen LogP contribution in [-0.4, -0.2) is 70.4 Å². The lowest BCUT2D eigenvalue weighted by atomic mass is 9.88. The van der Waals surface area contributed by atoms with E-state index in [1.165, 1.54) is 0 Å². The summed E-state index contributed by atoms with van der Waals surface area (Å²) < 4.78 is 0. The molecule has 2 fully saturated rings. The largest absolute Gasteiger partial charge is 0.481 e. The van der Waals surface area contributed by atoms with E-state index in [-0.39, 0.29) is 24.4 Å². The molecule has 0 saturated carbocycles. The summed E-state index contributed by atoms with van der Waals surface area (Å²) in [5, 5.41) is 9.63. The average Bonchev–Trinajstić information content (AvgIpc) is 3.26. The van der Waals surface area contributed by atoms with Crippen molar-refractivity contribution in [1.82, 2.24) is 14.7 Å². The van der Waals surface area contributed by atoms with Crippen LogP contribution in [0.2, 0.25) is 0 Å². The number of aliphatic carboxylic acids is 1. The zero-order valence-electron chi connectivity index (χ0n) is 16.0. The van der Waals surface area contributed by atoms with Gasteiger partial charge < -0.3 is 19.8 Å². The van der Waals surface area contributed by atoms with Crippen LogP contribution in [0, 0.1) is 5.92 Å². The molecule has 0 aliphatic carbocycles. The van der Waals surface area contributed by atoms with Crippen molar-refractivity contribution >= 4 is 17.9 Å². The van der Waals surface area contributed by atoms with Gasteiger partial charge in [-0.05, 0) is 36.8 Å². The fourth-order valence-corrected chi connectivity index (χ4v) is 4.71. The van der Waals surface area contributed by atoms with Gasteiger partial charge in [0.15, 0.2) is 0 Å². The Morgan fingerprint density at radius 3 is 2.36 bits per heavy atom. The van der Waals surface area contributed by atoms with Crippen molar-refractivity contribution < 1.29 is 19.5 Å². The average molecular weight is 385 g/mol. The second-order valence-corrected chi connectivity index (χ2v) is 8.07. The highest BCUT2D eigenvalue weighted by Crippen LogP contribution is 2.31. The predicted molar refractivity (Wildman–Crippen MR) is 103 cm³/mol. The van der Waals surface area contributed by atoms with Crippen molar-refractivity contribution in [2.24, 2.45) is 5.92 Å². The van der Waals surface area contributed by atoms with Gasteiger partial charge in [-0.15, -0.1) is 0 Å². The van der Waals surface area contributed by atoms with Gasteiger partial charge in [0.2, 0.25) is 5.91 Å². The van der Waals surface area contributed by atoms with Gasteiger partial charge in [0.25, 0.3) is 0 Å². The van der Waals surface area contributed by atoms with E-state index < -0.39 is 11.9 Å². The molecule has 3 heterocycles. The highest BCUT2D eigenvalue weighted by Gasteiger charge is 2.37. The van der Waals surface area contributed by atoms with E-state index >= 15 is 0 Å². The van der Waals surface area contributed by atoms with Crippen LogP contribution in [0.1, 0.15) is 42.7 Å². The molecular formula is C21H27N3O4. The number of carboxylic acid groups (broad SMARTS) is 1. The topological polar surface area (TPSA) is 81.2 Å². The van der Waals surface area contributed by atoms with Crippen LogP contribution in [0.25, 0.3) is 0 Å². The van der Waals surface area contributed by atoms with E-state index in [1.807, 2.05) is 34.1 Å². The number of urea groups is 1. The van der Waals surface area contributed by atoms with Gasteiger partial charge in [0.1, 0.15) is 0 Å². The quantitative estimate of drug-likeness (QED) is 0.846. The SMILES string of the molecule is O=C(O)C1CN(C(=O)C2CCCN(C(=O)N3CCCC3)C2)Cc2ccccc21. The van der Waals surface area contributed by atoms with Gasteiger partial charge in [0.05, 0.1) is 11.8 Å². The summed E-state index contributed by atoms with van der Waals surface area (Å²) in [4.78, 5) is 43.0. The molecule has 0 radical (unpaired) electrons. The van der Waals surface area contributed by atoms with E-state index in [9.17, 15) is 19.5 Å². The molecular weight excluding hydrogens is 358 g/mol. The van der Waals surface area contributed by atoms with E-state index in [0.717, 1.165) is 49.9 Å². The van der Waals surface area contributed by atoms with Crippen molar-refractivity contribution in [3.05, 3.63) is 35.4 Å². The zero-order chi connectivity index (χ0) is 19.7. The second-order valence-electron chi connectivity index (χ2n) is 8.07. The lowest BCUT2D eigenvalue weighted by Gasteiger charge is -2.39. The number of hydrogen-bond acceptors (Lipinski definition) is 3. The zero-order valence-corrected chi connectivity index (χ0v) is 16.0. The molecule has 0 spiro atoms. The van der Waals surface area contributed by atoms with Crippen LogP contribution in [0.4, 0.5) is 4.79 Å². The molecule has 0 bridgehead atoms. The standard InChI is InChI=1S/C21H27N3O4/c25-19(16-7-5-11-23(13-16)21(28)22-9-3-4-10-22)24-12-15-6-1-2-8-17(15)18(14-24)20(26)27/h1-2,6,8,16,18H,3-5,7,9-14H2,(H,26,27). The third kappa shape index (κ3) is 3.57. The Morgan fingerprint density at radius 1 is 0.893 bits per heavy atom. The van der Waals surface area contributed by atoms with Crippen LogP contribution in [0.5, 0.6) is 0 Å². The Bertz CT molecular complexity index is 775. The number of rotatable bonds is 2. The number of carbonyl (C=O) groups is 3. The first-order chi connectivity index (χ1) is 13.5. The first-order valence-electron chi connectivity index (χ1n) is 10.2. The fraction of sp³-hybridized carbons (Fsp3) is 0.571. The van der Waals surface area contributed by atoms with E-state index in [4.69, 9.17) is 0 Å². The highest BCUT2D eigenvalue weighted by molar-refractivity contribution is 5.84. The lowest BCUT2D eigenvalue weighted by Crippen LogP contribution is -2.51. The summed E-state index contributed by atoms with van der Waals surface area (Å²) in [6.07, 6.45) is 3.65. The molecule has 3 aliphatic heterocycles. The lowest BCUT2D eigenvalue weighted by molar-refractivity contribution is -0.143. The van der Waals surface area contributed by atoms with Crippen LogP contribution in [0.3, 0.4) is 0 Å². The van der Waals surface area contributed by atoms with Crippen molar-refractivity contribution in [1.29, 1.82) is 0 Å². The maximum Gasteiger partial charge on any atom is 0.320 e. The summed E-state index contributed by atoms with van der Waals surface area (Å²) in [5.41, 5.74) is 1.70. The second kappa shape index (κ2) is 7.81. The molecule has 1 aromatic rings. The number of amides is 3. The third-order valence-corrected chi connectivity index (χ3v) is 6.22. The van der Waals surface area contributed by atoms with Crippen molar-refractivity contribution in [3.8, 4) is 0 Å². The molecule has 150 valence electrons. The summed E-state index contributed by atoms with van der Waals surface area (Å²) in [7, 11) is 0. The number of fused-ring (bicyclic) bond motifs is 1. The molecule has 3 amide bonds. The molecule has 2 unspecified atom stereocenters. The first-order valence-corrected chi connectivity index (χ1v) is 10.2. The first kappa shape index (κ1) is 18.8. The number of benzene rings is 1. The van der Waals surface area contributed by atoms with Crippen LogP contribution in [0.15, 0.2) is 24.3 Å². The Kier molecular flexibility index (Phi) is 5.24. The van der Waals surface area contributed by atoms with Crippen molar-refractivity contribution in [2.45, 2.75) is 38.1 Å². The Balaban J connectivity index is 1.46. The molecule has 1 N–H and O–H groups in total. The minimum absolute atomic E-state index is 0.0281. The number of piperidine rings is 1. The van der Waals surface area contributed by atoms with E-state index in [1.54, 1.807) is 4.90 Å². The van der Waals surface area contributed by atoms with Gasteiger partial charge in [-0.2, -0.15) is 0 Å². The summed E-state index contributed by atoms with van der Waals surface area (Å²) in [5.74, 6) is -1.88. The number of hydrogen-bond donors (Lipinski definition) is 1. The molecule has 2 atom stereocenters. The fourth-order valence-electron chi connectivity index (χ4n) is 4.71. The summed E-state index contributed by atoms with van der Waals surface area (Å²) in [6.45, 7) is 3.37. The predicted octanol–water partition coefficient (Wildman–Crippen LogP) is 2.12. The Hall–Kier alpha value is -2.57. The van der Waals surface area contributed by atoms with Crippen LogP contribution < -0.4 is 0 Å². The minimum Gasteiger partial charge on any atom is -0.481 e. The Labute approximate surface area is 164 Å². The molecule has 4 rings (SSSR count). The molecule has 28 heavy (non-hydrogen) atoms. The number of nitrogens with zero attached hydrogens (tertiary/aromatic N) is 3. The maximum absolute atomic E-state index is 13.2. The molecule has 7 heteroatoms. The number of carboxylic acids is 1. The van der Waals surface area contributed by atoms with Gasteiger partial charge in [-0.1, -0.05) is 24.3 Å². The minimum atomic E-state index is -0.903. The Morgan fingerprint density at radius 2 is 1.61 bits per heavy atom. The van der Waals surface area contributed by atoms with Gasteiger partial charge in [0, 0.05) is 39.3 Å². The molecule has 3 aliphatic rings. The monoisotopic (exact) mass is 385 g/mol.